The van der Waals surface area contributed by atoms with Crippen LogP contribution in [0.4, 0.5) is 0 Å². The lowest BCUT2D eigenvalue weighted by molar-refractivity contribution is -0.160. The molecule has 2 bridgehead atoms. The van der Waals surface area contributed by atoms with Gasteiger partial charge in [-0.15, -0.1) is 0 Å². The van der Waals surface area contributed by atoms with Crippen molar-refractivity contribution in [2.75, 3.05) is 0 Å². The van der Waals surface area contributed by atoms with E-state index in [0.29, 0.717) is 11.1 Å². The molecule has 0 aliphatic carbocycles. The number of ether oxygens (including phenoxy) is 3. The topological polar surface area (TPSA) is 109 Å². The van der Waals surface area contributed by atoms with Crippen LogP contribution in [0.3, 0.4) is 0 Å². The van der Waals surface area contributed by atoms with Crippen LogP contribution in [0.5, 0.6) is 0 Å². The molecule has 4 unspecified atom stereocenters. The van der Waals surface area contributed by atoms with Gasteiger partial charge in [-0.25, -0.2) is 9.59 Å². The molecule has 4 aliphatic heterocycles. The zero-order chi connectivity index (χ0) is 20.7. The zero-order valence-corrected chi connectivity index (χ0v) is 16.1. The highest BCUT2D eigenvalue weighted by atomic mass is 16.6. The van der Waals surface area contributed by atoms with Crippen molar-refractivity contribution in [3.63, 3.8) is 0 Å². The fourth-order valence-electron chi connectivity index (χ4n) is 3.91. The van der Waals surface area contributed by atoms with Crippen LogP contribution < -0.4 is 0 Å². The van der Waals surface area contributed by atoms with E-state index >= 15 is 0 Å². The minimum absolute atomic E-state index is 0.128. The molecule has 1 aromatic heterocycles. The molecule has 5 heterocycles. The lowest BCUT2D eigenvalue weighted by Gasteiger charge is -2.34. The molecule has 0 spiro atoms. The van der Waals surface area contributed by atoms with Crippen molar-refractivity contribution in [3.05, 3.63) is 35.8 Å². The second-order valence-corrected chi connectivity index (χ2v) is 7.49. The van der Waals surface area contributed by atoms with Gasteiger partial charge in [0.1, 0.15) is 10.8 Å². The highest BCUT2D eigenvalue weighted by Crippen LogP contribution is 2.63. The SMILES string of the molecule is CC12C(=O)OC(=O)C1(C)C1CCC2O1.CC1=C(C)C(=O)OC1=O.c1ccoc1. The van der Waals surface area contributed by atoms with E-state index in [-0.39, 0.29) is 12.2 Å². The Bertz CT molecular complexity index is 780. The third-order valence-corrected chi connectivity index (χ3v) is 6.21. The molecule has 4 atom stereocenters. The molecule has 3 saturated heterocycles. The van der Waals surface area contributed by atoms with Gasteiger partial charge >= 0.3 is 23.9 Å². The fourth-order valence-corrected chi connectivity index (χ4v) is 3.91. The lowest BCUT2D eigenvalue weighted by atomic mass is 9.59. The standard InChI is InChI=1S/C10H12O4.C6H6O3.C4H4O/c1-9-5-3-4-6(13-5)10(9,2)8(12)14-7(9)11;1-3-4(2)6(8)9-5(3)7;1-2-4-5-3-1/h5-6H,3-4H2,1-2H3;1-2H3;1-4H. The van der Waals surface area contributed by atoms with Gasteiger partial charge in [-0.3, -0.25) is 9.59 Å². The summed E-state index contributed by atoms with van der Waals surface area (Å²) in [6, 6.07) is 3.67. The lowest BCUT2D eigenvalue weighted by Crippen LogP contribution is -2.48. The van der Waals surface area contributed by atoms with Crippen molar-refractivity contribution < 1.29 is 37.8 Å². The third-order valence-electron chi connectivity index (χ3n) is 6.21. The van der Waals surface area contributed by atoms with E-state index in [1.165, 1.54) is 0 Å². The van der Waals surface area contributed by atoms with Crippen LogP contribution >= 0.6 is 0 Å². The number of rotatable bonds is 0. The minimum Gasteiger partial charge on any atom is -0.473 e. The minimum atomic E-state index is -0.743. The van der Waals surface area contributed by atoms with E-state index < -0.39 is 34.7 Å². The quantitative estimate of drug-likeness (QED) is 0.490. The van der Waals surface area contributed by atoms with Gasteiger partial charge in [0.15, 0.2) is 0 Å². The summed E-state index contributed by atoms with van der Waals surface area (Å²) in [5.41, 5.74) is -0.653. The summed E-state index contributed by atoms with van der Waals surface area (Å²) in [4.78, 5) is 44.3. The Hall–Kier alpha value is -2.74. The van der Waals surface area contributed by atoms with Gasteiger partial charge in [0.2, 0.25) is 0 Å². The predicted molar refractivity (Wildman–Crippen MR) is 93.4 cm³/mol. The van der Waals surface area contributed by atoms with Crippen molar-refractivity contribution >= 4 is 23.9 Å². The Labute approximate surface area is 161 Å². The van der Waals surface area contributed by atoms with Crippen LogP contribution in [0.1, 0.15) is 40.5 Å². The molecule has 0 saturated carbocycles. The average molecular weight is 390 g/mol. The summed E-state index contributed by atoms with van der Waals surface area (Å²) in [7, 11) is 0. The Balaban J connectivity index is 0.000000138. The molecule has 4 aliphatic rings. The molecule has 5 rings (SSSR count). The van der Waals surface area contributed by atoms with Gasteiger partial charge in [-0.05, 0) is 52.7 Å². The van der Waals surface area contributed by atoms with E-state index in [1.54, 1.807) is 40.2 Å². The number of hydrogen-bond donors (Lipinski definition) is 0. The first-order chi connectivity index (χ1) is 13.1. The smallest absolute Gasteiger partial charge is 0.342 e. The maximum Gasteiger partial charge on any atom is 0.342 e. The Morgan fingerprint density at radius 1 is 0.786 bits per heavy atom. The second-order valence-electron chi connectivity index (χ2n) is 7.49. The summed E-state index contributed by atoms with van der Waals surface area (Å²) in [5.74, 6) is -1.84. The normalized spacial score (nSPS) is 35.0. The monoisotopic (exact) mass is 390 g/mol. The summed E-state index contributed by atoms with van der Waals surface area (Å²) in [5, 5.41) is 0. The molecule has 150 valence electrons. The van der Waals surface area contributed by atoms with E-state index in [4.69, 9.17) is 9.47 Å². The molecule has 8 heteroatoms. The van der Waals surface area contributed by atoms with Crippen LogP contribution in [0.2, 0.25) is 0 Å². The Morgan fingerprint density at radius 2 is 1.21 bits per heavy atom. The number of cyclic esters (lactones) is 4. The molecule has 0 aromatic carbocycles. The Morgan fingerprint density at radius 3 is 1.50 bits per heavy atom. The maximum absolute atomic E-state index is 11.7. The van der Waals surface area contributed by atoms with Crippen molar-refractivity contribution in [1.82, 2.24) is 0 Å². The number of fused-ring (bicyclic) bond motifs is 5. The zero-order valence-electron chi connectivity index (χ0n) is 16.1. The molecular weight excluding hydrogens is 368 g/mol. The molecule has 8 nitrogen and oxygen atoms in total. The maximum atomic E-state index is 11.7. The number of hydrogen-bond acceptors (Lipinski definition) is 8. The van der Waals surface area contributed by atoms with E-state index in [9.17, 15) is 19.2 Å². The first-order valence-corrected chi connectivity index (χ1v) is 8.97. The summed E-state index contributed by atoms with van der Waals surface area (Å²) < 4.78 is 19.2. The highest BCUT2D eigenvalue weighted by molar-refractivity contribution is 6.11. The summed E-state index contributed by atoms with van der Waals surface area (Å²) in [6.45, 7) is 6.74. The van der Waals surface area contributed by atoms with Crippen LogP contribution in [0.25, 0.3) is 0 Å². The molecule has 28 heavy (non-hydrogen) atoms. The predicted octanol–water partition coefficient (Wildman–Crippen LogP) is 2.33. The van der Waals surface area contributed by atoms with Crippen LogP contribution in [0.15, 0.2) is 40.2 Å². The molecule has 0 amide bonds. The third kappa shape index (κ3) is 2.79. The summed E-state index contributed by atoms with van der Waals surface area (Å²) in [6.07, 6.45) is 4.71. The molecule has 0 N–H and O–H groups in total. The van der Waals surface area contributed by atoms with Crippen molar-refractivity contribution in [2.45, 2.75) is 52.7 Å². The number of carbonyl (C=O) groups excluding carboxylic acids is 4. The Kier molecular flexibility index (Phi) is 5.01. The van der Waals surface area contributed by atoms with E-state index in [0.717, 1.165) is 12.8 Å². The summed E-state index contributed by atoms with van der Waals surface area (Å²) >= 11 is 0. The molecule has 0 radical (unpaired) electrons. The van der Waals surface area contributed by atoms with Gasteiger partial charge in [-0.2, -0.15) is 0 Å². The van der Waals surface area contributed by atoms with Crippen LogP contribution in [-0.2, 0) is 33.4 Å². The molecule has 1 aromatic rings. The molecule has 3 fully saturated rings. The average Bonchev–Trinajstić information content (AvgIpc) is 3.46. The van der Waals surface area contributed by atoms with Gasteiger partial charge in [0.05, 0.1) is 24.7 Å². The van der Waals surface area contributed by atoms with Gasteiger partial charge in [-0.1, -0.05) is 0 Å². The fraction of sp³-hybridized carbons (Fsp3) is 0.500. The number of esters is 4. The first kappa shape index (κ1) is 20.0. The second kappa shape index (κ2) is 7.01. The van der Waals surface area contributed by atoms with E-state index in [2.05, 4.69) is 9.15 Å². The van der Waals surface area contributed by atoms with Crippen molar-refractivity contribution in [2.24, 2.45) is 10.8 Å². The van der Waals surface area contributed by atoms with Gasteiger partial charge in [0, 0.05) is 11.1 Å². The van der Waals surface area contributed by atoms with Crippen LogP contribution in [-0.4, -0.2) is 36.1 Å². The number of furan rings is 1. The van der Waals surface area contributed by atoms with Crippen molar-refractivity contribution in [1.29, 1.82) is 0 Å². The first-order valence-electron chi connectivity index (χ1n) is 8.97. The molecular formula is C20H22O8. The highest BCUT2D eigenvalue weighted by Gasteiger charge is 2.76. The van der Waals surface area contributed by atoms with Crippen LogP contribution in [0, 0.1) is 10.8 Å². The van der Waals surface area contributed by atoms with Gasteiger partial charge < -0.3 is 18.6 Å². The van der Waals surface area contributed by atoms with Gasteiger partial charge in [0.25, 0.3) is 0 Å². The largest absolute Gasteiger partial charge is 0.473 e. The number of carbonyl (C=O) groups is 4. The van der Waals surface area contributed by atoms with E-state index in [1.807, 2.05) is 12.1 Å². The van der Waals surface area contributed by atoms with Crippen molar-refractivity contribution in [3.8, 4) is 0 Å².